The summed E-state index contributed by atoms with van der Waals surface area (Å²) in [6, 6.07) is 7.42. The van der Waals surface area contributed by atoms with Gasteiger partial charge in [0, 0.05) is 40.1 Å². The summed E-state index contributed by atoms with van der Waals surface area (Å²) in [5.74, 6) is 1.64. The van der Waals surface area contributed by atoms with E-state index in [0.29, 0.717) is 16.7 Å². The van der Waals surface area contributed by atoms with E-state index >= 15 is 0 Å². The average molecular weight is 375 g/mol. The van der Waals surface area contributed by atoms with E-state index in [0.717, 1.165) is 34.8 Å². The molecular formula is C20H20Cl2N2O. The number of hydrogen-bond donors (Lipinski definition) is 0. The maximum absolute atomic E-state index is 6.27. The van der Waals surface area contributed by atoms with Crippen molar-refractivity contribution in [2.75, 3.05) is 0 Å². The van der Waals surface area contributed by atoms with Crippen LogP contribution < -0.4 is 4.74 Å². The van der Waals surface area contributed by atoms with Gasteiger partial charge in [-0.05, 0) is 50.3 Å². The molecule has 130 valence electrons. The fourth-order valence-electron chi connectivity index (χ4n) is 3.21. The summed E-state index contributed by atoms with van der Waals surface area (Å²) in [4.78, 5) is 4.59. The Morgan fingerprint density at radius 1 is 1.20 bits per heavy atom. The molecule has 1 aliphatic carbocycles. The van der Waals surface area contributed by atoms with Gasteiger partial charge in [0.2, 0.25) is 0 Å². The maximum Gasteiger partial charge on any atom is 0.147 e. The largest absolute Gasteiger partial charge is 0.487 e. The normalized spacial score (nSPS) is 14.2. The lowest BCUT2D eigenvalue weighted by Crippen LogP contribution is -2.04. The highest BCUT2D eigenvalue weighted by Gasteiger charge is 2.25. The van der Waals surface area contributed by atoms with E-state index in [4.69, 9.17) is 27.9 Å². The summed E-state index contributed by atoms with van der Waals surface area (Å²) >= 11 is 12.2. The van der Waals surface area contributed by atoms with Crippen molar-refractivity contribution in [3.63, 3.8) is 0 Å². The zero-order chi connectivity index (χ0) is 17.6. The van der Waals surface area contributed by atoms with Crippen LogP contribution in [-0.4, -0.2) is 9.55 Å². The van der Waals surface area contributed by atoms with Gasteiger partial charge in [-0.25, -0.2) is 0 Å². The molecule has 0 radical (unpaired) electrons. The molecule has 0 bridgehead atoms. The van der Waals surface area contributed by atoms with Gasteiger partial charge >= 0.3 is 0 Å². The second-order valence-electron chi connectivity index (χ2n) is 6.80. The quantitative estimate of drug-likeness (QED) is 0.551. The highest BCUT2D eigenvalue weighted by molar-refractivity contribution is 6.35. The van der Waals surface area contributed by atoms with Crippen molar-refractivity contribution in [3.8, 4) is 5.75 Å². The summed E-state index contributed by atoms with van der Waals surface area (Å²) in [7, 11) is 0. The Morgan fingerprint density at radius 3 is 2.72 bits per heavy atom. The van der Waals surface area contributed by atoms with Gasteiger partial charge in [0.1, 0.15) is 17.9 Å². The van der Waals surface area contributed by atoms with Crippen molar-refractivity contribution in [2.24, 2.45) is 5.92 Å². The van der Waals surface area contributed by atoms with E-state index in [1.165, 1.54) is 24.1 Å². The van der Waals surface area contributed by atoms with Crippen molar-refractivity contribution in [1.82, 2.24) is 9.55 Å². The molecule has 2 aromatic heterocycles. The van der Waals surface area contributed by atoms with E-state index in [-0.39, 0.29) is 0 Å². The Kier molecular flexibility index (Phi) is 4.38. The van der Waals surface area contributed by atoms with Crippen LogP contribution in [-0.2, 0) is 13.2 Å². The number of aryl methyl sites for hydroxylation is 1. The predicted octanol–water partition coefficient (Wildman–Crippen LogP) is 5.95. The van der Waals surface area contributed by atoms with Gasteiger partial charge in [-0.3, -0.25) is 4.98 Å². The first-order valence-electron chi connectivity index (χ1n) is 8.55. The summed E-state index contributed by atoms with van der Waals surface area (Å²) in [6.45, 7) is 5.74. The molecule has 5 heteroatoms. The van der Waals surface area contributed by atoms with Gasteiger partial charge in [-0.2, -0.15) is 0 Å². The zero-order valence-electron chi connectivity index (χ0n) is 14.4. The standard InChI is InChI=1S/C20H20Cl2N2O/c1-12-13(2)24(10-14-3-4-14)20-18(7-8-23-19(12)20)25-11-15-5-6-16(21)9-17(15)22/h5-9,14H,3-4,10-11H2,1-2H3. The molecule has 0 amide bonds. The molecule has 3 aromatic rings. The molecule has 1 aromatic carbocycles. The molecule has 0 saturated heterocycles. The van der Waals surface area contributed by atoms with Crippen LogP contribution in [0.4, 0.5) is 0 Å². The number of aromatic nitrogens is 2. The minimum Gasteiger partial charge on any atom is -0.487 e. The lowest BCUT2D eigenvalue weighted by molar-refractivity contribution is 0.308. The van der Waals surface area contributed by atoms with Crippen LogP contribution in [0.3, 0.4) is 0 Å². The summed E-state index contributed by atoms with van der Waals surface area (Å²) < 4.78 is 8.52. The van der Waals surface area contributed by atoms with Crippen LogP contribution >= 0.6 is 23.2 Å². The monoisotopic (exact) mass is 374 g/mol. The topological polar surface area (TPSA) is 27.1 Å². The van der Waals surface area contributed by atoms with Crippen LogP contribution in [0.2, 0.25) is 10.0 Å². The van der Waals surface area contributed by atoms with E-state index in [9.17, 15) is 0 Å². The van der Waals surface area contributed by atoms with Crippen molar-refractivity contribution in [2.45, 2.75) is 39.8 Å². The maximum atomic E-state index is 6.27. The summed E-state index contributed by atoms with van der Waals surface area (Å²) in [5, 5.41) is 1.25. The van der Waals surface area contributed by atoms with Crippen LogP contribution in [0.25, 0.3) is 11.0 Å². The third kappa shape index (κ3) is 3.23. The summed E-state index contributed by atoms with van der Waals surface area (Å²) in [5.41, 5.74) is 5.54. The molecule has 0 spiro atoms. The Labute approximate surface area is 157 Å². The Bertz CT molecular complexity index is 945. The molecule has 0 unspecified atom stereocenters. The van der Waals surface area contributed by atoms with Crippen LogP contribution in [0.15, 0.2) is 30.5 Å². The first-order valence-corrected chi connectivity index (χ1v) is 9.31. The molecule has 0 N–H and O–H groups in total. The van der Waals surface area contributed by atoms with Crippen molar-refractivity contribution in [3.05, 3.63) is 57.3 Å². The third-order valence-electron chi connectivity index (χ3n) is 5.00. The van der Waals surface area contributed by atoms with E-state index in [1.807, 2.05) is 24.4 Å². The SMILES string of the molecule is Cc1c(C)n(CC2CC2)c2c(OCc3ccc(Cl)cc3Cl)ccnc12. The van der Waals surface area contributed by atoms with Crippen molar-refractivity contribution >= 4 is 34.2 Å². The second kappa shape index (κ2) is 6.54. The van der Waals surface area contributed by atoms with Crippen LogP contribution in [0.5, 0.6) is 5.75 Å². The zero-order valence-corrected chi connectivity index (χ0v) is 15.9. The Morgan fingerprint density at radius 2 is 2.00 bits per heavy atom. The number of hydrogen-bond acceptors (Lipinski definition) is 2. The second-order valence-corrected chi connectivity index (χ2v) is 7.64. The predicted molar refractivity (Wildman–Crippen MR) is 103 cm³/mol. The molecule has 2 heterocycles. The number of pyridine rings is 1. The van der Waals surface area contributed by atoms with Crippen LogP contribution in [0.1, 0.15) is 29.7 Å². The molecule has 0 aliphatic heterocycles. The number of fused-ring (bicyclic) bond motifs is 1. The number of ether oxygens (including phenoxy) is 1. The van der Waals surface area contributed by atoms with E-state index in [1.54, 1.807) is 6.07 Å². The highest BCUT2D eigenvalue weighted by atomic mass is 35.5. The molecule has 1 aliphatic rings. The van der Waals surface area contributed by atoms with Gasteiger partial charge in [0.15, 0.2) is 0 Å². The molecule has 0 atom stereocenters. The molecule has 25 heavy (non-hydrogen) atoms. The lowest BCUT2D eigenvalue weighted by Gasteiger charge is -2.13. The van der Waals surface area contributed by atoms with E-state index < -0.39 is 0 Å². The van der Waals surface area contributed by atoms with Gasteiger partial charge in [-0.1, -0.05) is 29.3 Å². The highest BCUT2D eigenvalue weighted by Crippen LogP contribution is 2.37. The number of halogens is 2. The van der Waals surface area contributed by atoms with Crippen LogP contribution in [0, 0.1) is 19.8 Å². The first-order chi connectivity index (χ1) is 12.0. The third-order valence-corrected chi connectivity index (χ3v) is 5.58. The summed E-state index contributed by atoms with van der Waals surface area (Å²) in [6.07, 6.45) is 4.44. The molecular weight excluding hydrogens is 355 g/mol. The molecule has 1 fully saturated rings. The van der Waals surface area contributed by atoms with Gasteiger partial charge < -0.3 is 9.30 Å². The smallest absolute Gasteiger partial charge is 0.147 e. The van der Waals surface area contributed by atoms with Gasteiger partial charge in [0.05, 0.1) is 5.52 Å². The minimum absolute atomic E-state index is 0.405. The molecule has 3 nitrogen and oxygen atoms in total. The van der Waals surface area contributed by atoms with Crippen molar-refractivity contribution in [1.29, 1.82) is 0 Å². The molecule has 1 saturated carbocycles. The lowest BCUT2D eigenvalue weighted by atomic mass is 10.2. The first kappa shape index (κ1) is 16.7. The fourth-order valence-corrected chi connectivity index (χ4v) is 3.67. The van der Waals surface area contributed by atoms with Gasteiger partial charge in [-0.15, -0.1) is 0 Å². The minimum atomic E-state index is 0.405. The molecule has 4 rings (SSSR count). The average Bonchev–Trinajstić information content (AvgIpc) is 3.38. The van der Waals surface area contributed by atoms with E-state index in [2.05, 4.69) is 23.4 Å². The number of nitrogens with zero attached hydrogens (tertiary/aromatic N) is 2. The number of rotatable bonds is 5. The Balaban J connectivity index is 1.70. The fraction of sp³-hybridized carbons (Fsp3) is 0.350. The van der Waals surface area contributed by atoms with Crippen molar-refractivity contribution < 1.29 is 4.74 Å². The van der Waals surface area contributed by atoms with Gasteiger partial charge in [0.25, 0.3) is 0 Å². The Hall–Kier alpha value is -1.71. The number of benzene rings is 1.